The molecule has 0 spiro atoms. The van der Waals surface area contributed by atoms with Crippen LogP contribution >= 0.6 is 15.9 Å². The van der Waals surface area contributed by atoms with Crippen molar-refractivity contribution in [2.24, 2.45) is 5.41 Å². The first-order valence-electron chi connectivity index (χ1n) is 11.0. The Balaban J connectivity index is 1.54. The van der Waals surface area contributed by atoms with Crippen molar-refractivity contribution in [1.29, 1.82) is 0 Å². The third-order valence-electron chi connectivity index (χ3n) is 7.39. The van der Waals surface area contributed by atoms with Gasteiger partial charge in [0.1, 0.15) is 0 Å². The topological polar surface area (TPSA) is 0 Å². The van der Waals surface area contributed by atoms with Crippen molar-refractivity contribution in [3.63, 3.8) is 0 Å². The van der Waals surface area contributed by atoms with Crippen LogP contribution < -0.4 is 0 Å². The van der Waals surface area contributed by atoms with E-state index in [-0.39, 0.29) is 10.2 Å². The molecule has 0 saturated heterocycles. The molecule has 0 aliphatic heterocycles. The van der Waals surface area contributed by atoms with Gasteiger partial charge in [-0.05, 0) is 68.7 Å². The molecule has 3 aromatic carbocycles. The van der Waals surface area contributed by atoms with Crippen molar-refractivity contribution in [1.82, 2.24) is 0 Å². The second kappa shape index (κ2) is 6.68. The maximum absolute atomic E-state index is 4.02. The fraction of sp³-hybridized carbons (Fsp3) is 0.200. The summed E-state index contributed by atoms with van der Waals surface area (Å²) in [6.07, 6.45) is 4.82. The van der Waals surface area contributed by atoms with Gasteiger partial charge in [0.2, 0.25) is 0 Å². The largest absolute Gasteiger partial charge is 0.0786 e. The van der Waals surface area contributed by atoms with Crippen LogP contribution in [0.1, 0.15) is 53.8 Å². The number of hydrogen-bond acceptors (Lipinski definition) is 0. The van der Waals surface area contributed by atoms with E-state index in [2.05, 4.69) is 122 Å². The van der Waals surface area contributed by atoms with E-state index >= 15 is 0 Å². The molecule has 6 rings (SSSR count). The summed E-state index contributed by atoms with van der Waals surface area (Å²) < 4.78 is 0. The van der Waals surface area contributed by atoms with Gasteiger partial charge in [-0.15, -0.1) is 0 Å². The van der Waals surface area contributed by atoms with E-state index in [1.54, 1.807) is 0 Å². The van der Waals surface area contributed by atoms with E-state index in [1.807, 2.05) is 0 Å². The molecule has 3 aliphatic carbocycles. The summed E-state index contributed by atoms with van der Waals surface area (Å²) in [5, 5.41) is 0. The molecule has 152 valence electrons. The van der Waals surface area contributed by atoms with Crippen molar-refractivity contribution >= 4 is 22.0 Å². The molecule has 3 aromatic rings. The van der Waals surface area contributed by atoms with Crippen molar-refractivity contribution in [3.05, 3.63) is 123 Å². The fourth-order valence-corrected chi connectivity index (χ4v) is 7.03. The van der Waals surface area contributed by atoms with E-state index in [1.165, 1.54) is 55.7 Å². The average molecular weight is 465 g/mol. The molecule has 1 unspecified atom stereocenters. The van der Waals surface area contributed by atoms with Crippen LogP contribution in [-0.4, -0.2) is 0 Å². The van der Waals surface area contributed by atoms with Crippen molar-refractivity contribution in [2.45, 2.75) is 31.5 Å². The molecule has 1 atom stereocenters. The first-order chi connectivity index (χ1) is 15.0. The van der Waals surface area contributed by atoms with Crippen molar-refractivity contribution in [3.8, 4) is 11.1 Å². The number of alkyl halides is 1. The molecule has 0 aromatic heterocycles. The van der Waals surface area contributed by atoms with Gasteiger partial charge in [0.15, 0.2) is 0 Å². The van der Waals surface area contributed by atoms with Gasteiger partial charge in [0, 0.05) is 11.3 Å². The normalized spacial score (nSPS) is 19.4. The van der Waals surface area contributed by atoms with Gasteiger partial charge >= 0.3 is 0 Å². The third kappa shape index (κ3) is 2.59. The first-order valence-corrected chi connectivity index (χ1v) is 12.0. The maximum atomic E-state index is 4.02. The van der Waals surface area contributed by atoms with Gasteiger partial charge in [-0.1, -0.05) is 109 Å². The smallest absolute Gasteiger partial charge is 0.0656 e. The molecule has 31 heavy (non-hydrogen) atoms. The van der Waals surface area contributed by atoms with E-state index < -0.39 is 0 Å². The van der Waals surface area contributed by atoms with Gasteiger partial charge < -0.3 is 0 Å². The van der Waals surface area contributed by atoms with Gasteiger partial charge in [-0.3, -0.25) is 0 Å². The Hall–Kier alpha value is -2.64. The lowest BCUT2D eigenvalue weighted by Gasteiger charge is -2.38. The second-order valence-electron chi connectivity index (χ2n) is 9.54. The van der Waals surface area contributed by atoms with E-state index in [9.17, 15) is 0 Å². The Kier molecular flexibility index (Phi) is 4.11. The van der Waals surface area contributed by atoms with Crippen LogP contribution in [0.3, 0.4) is 0 Å². The fourth-order valence-electron chi connectivity index (χ4n) is 6.23. The van der Waals surface area contributed by atoms with E-state index in [0.717, 1.165) is 0 Å². The highest BCUT2D eigenvalue weighted by Crippen LogP contribution is 2.60. The van der Waals surface area contributed by atoms with Crippen LogP contribution in [0.4, 0.5) is 0 Å². The number of halogens is 1. The highest BCUT2D eigenvalue weighted by molar-refractivity contribution is 9.09. The first kappa shape index (κ1) is 19.1. The predicted molar refractivity (Wildman–Crippen MR) is 134 cm³/mol. The average Bonchev–Trinajstić information content (AvgIpc) is 3.29. The third-order valence-corrected chi connectivity index (χ3v) is 8.37. The summed E-state index contributed by atoms with van der Waals surface area (Å²) in [7, 11) is 0. The number of benzene rings is 3. The minimum atomic E-state index is -0.0458. The monoisotopic (exact) mass is 464 g/mol. The number of hydrogen-bond donors (Lipinski definition) is 0. The number of rotatable bonds is 2. The predicted octanol–water partition coefficient (Wildman–Crippen LogP) is 8.61. The number of fused-ring (bicyclic) bond motifs is 5. The lowest BCUT2D eigenvalue weighted by Crippen LogP contribution is -2.26. The van der Waals surface area contributed by atoms with Crippen LogP contribution in [-0.2, 0) is 0 Å². The summed E-state index contributed by atoms with van der Waals surface area (Å²) in [6.45, 7) is 7.17. The van der Waals surface area contributed by atoms with E-state index in [0.29, 0.717) is 5.92 Å². The van der Waals surface area contributed by atoms with Crippen LogP contribution in [0.2, 0.25) is 0 Å². The molecule has 0 heterocycles. The highest BCUT2D eigenvalue weighted by Gasteiger charge is 2.45. The molecule has 0 fully saturated rings. The zero-order valence-electron chi connectivity index (χ0n) is 18.1. The van der Waals surface area contributed by atoms with Crippen LogP contribution in [0.5, 0.6) is 0 Å². The Morgan fingerprint density at radius 2 is 1.26 bits per heavy atom. The molecule has 0 nitrogen and oxygen atoms in total. The van der Waals surface area contributed by atoms with Crippen LogP contribution in [0, 0.1) is 5.41 Å². The van der Waals surface area contributed by atoms with Gasteiger partial charge in [-0.25, -0.2) is 0 Å². The summed E-state index contributed by atoms with van der Waals surface area (Å²) >= 11 is 4.02. The van der Waals surface area contributed by atoms with Crippen LogP contribution in [0.15, 0.2) is 101 Å². The molecule has 0 amide bonds. The van der Waals surface area contributed by atoms with Gasteiger partial charge in [-0.2, -0.15) is 0 Å². The minimum absolute atomic E-state index is 0.0458. The highest BCUT2D eigenvalue weighted by atomic mass is 79.9. The molecule has 0 bridgehead atoms. The summed E-state index contributed by atoms with van der Waals surface area (Å²) in [4.78, 5) is 0.245. The Morgan fingerprint density at radius 1 is 0.710 bits per heavy atom. The number of allylic oxidation sites excluding steroid dienone is 5. The molecule has 3 aliphatic rings. The molecule has 0 radical (unpaired) electrons. The van der Waals surface area contributed by atoms with Gasteiger partial charge in [0.05, 0.1) is 4.83 Å². The van der Waals surface area contributed by atoms with Crippen LogP contribution in [0.25, 0.3) is 17.2 Å². The Bertz CT molecular complexity index is 1290. The Labute approximate surface area is 193 Å². The van der Waals surface area contributed by atoms with Crippen molar-refractivity contribution in [2.75, 3.05) is 0 Å². The summed E-state index contributed by atoms with van der Waals surface area (Å²) in [5.74, 6) is 0.337. The minimum Gasteiger partial charge on any atom is -0.0786 e. The standard InChI is InChI=1S/C30H25Br/c1-18-16-26-25(17-19-10-4-5-11-20(19)29(26)31)27(18)30(2,3)28-23-14-8-6-12-21(23)22-13-7-9-15-24(22)28/h4-17,28-29H,1-3H3. The maximum Gasteiger partial charge on any atom is 0.0656 e. The van der Waals surface area contributed by atoms with Gasteiger partial charge in [0.25, 0.3) is 0 Å². The Morgan fingerprint density at radius 3 is 1.90 bits per heavy atom. The lowest BCUT2D eigenvalue weighted by molar-refractivity contribution is 0.398. The molecular weight excluding hydrogens is 440 g/mol. The lowest BCUT2D eigenvalue weighted by atomic mass is 9.65. The van der Waals surface area contributed by atoms with E-state index in [4.69, 9.17) is 0 Å². The van der Waals surface area contributed by atoms with Crippen molar-refractivity contribution < 1.29 is 0 Å². The molecule has 0 N–H and O–H groups in total. The quantitative estimate of drug-likeness (QED) is 0.333. The molecular formula is C30H25Br. The second-order valence-corrected chi connectivity index (χ2v) is 10.5. The molecule has 0 saturated carbocycles. The summed E-state index contributed by atoms with van der Waals surface area (Å²) in [6, 6.07) is 26.7. The molecule has 1 heteroatoms. The zero-order chi connectivity index (χ0) is 21.3. The SMILES string of the molecule is CC1=C(C(C)(C)C2c3ccccc3-c3ccccc32)C2=Cc3ccccc3C(Br)C2=C1. The zero-order valence-corrected chi connectivity index (χ0v) is 19.7. The summed E-state index contributed by atoms with van der Waals surface area (Å²) in [5.41, 5.74) is 14.0.